The Morgan fingerprint density at radius 2 is 1.89 bits per heavy atom. The molecule has 0 amide bonds. The number of nitrogens with zero attached hydrogens (tertiary/aromatic N) is 4. The third-order valence-electron chi connectivity index (χ3n) is 2.98. The van der Waals surface area contributed by atoms with E-state index in [-0.39, 0.29) is 0 Å². The van der Waals surface area contributed by atoms with Crippen molar-refractivity contribution in [2.45, 2.75) is 20.4 Å². The van der Waals surface area contributed by atoms with E-state index < -0.39 is 0 Å². The van der Waals surface area contributed by atoms with Crippen molar-refractivity contribution in [3.05, 3.63) is 53.7 Å². The van der Waals surface area contributed by atoms with Crippen LogP contribution in [0, 0.1) is 13.8 Å². The van der Waals surface area contributed by atoms with E-state index >= 15 is 0 Å². The Morgan fingerprint density at radius 3 is 2.68 bits per heavy atom. The van der Waals surface area contributed by atoms with Crippen molar-refractivity contribution in [3.8, 4) is 0 Å². The number of aryl methyl sites for hydroxylation is 2. The lowest BCUT2D eigenvalue weighted by Gasteiger charge is -2.06. The third kappa shape index (κ3) is 2.27. The maximum atomic E-state index is 4.44. The largest absolute Gasteiger partial charge is 0.378 e. The van der Waals surface area contributed by atoms with Crippen LogP contribution in [0.15, 0.2) is 36.4 Å². The van der Waals surface area contributed by atoms with Gasteiger partial charge in [-0.1, -0.05) is 18.2 Å². The van der Waals surface area contributed by atoms with Gasteiger partial charge in [0.15, 0.2) is 11.5 Å². The highest BCUT2D eigenvalue weighted by Gasteiger charge is 2.08. The van der Waals surface area contributed by atoms with Crippen LogP contribution in [0.1, 0.15) is 17.3 Å². The molecule has 0 bridgehead atoms. The molecule has 0 atom stereocenters. The van der Waals surface area contributed by atoms with E-state index in [1.807, 2.05) is 54.6 Å². The molecule has 96 valence electrons. The molecule has 5 nitrogen and oxygen atoms in total. The fourth-order valence-corrected chi connectivity index (χ4v) is 2.15. The highest BCUT2D eigenvalue weighted by molar-refractivity contribution is 5.44. The quantitative estimate of drug-likeness (QED) is 0.778. The molecule has 2 aromatic heterocycles. The molecule has 0 saturated heterocycles. The molecule has 0 radical (unpaired) electrons. The molecule has 0 spiro atoms. The van der Waals surface area contributed by atoms with Gasteiger partial charge in [0, 0.05) is 17.4 Å². The van der Waals surface area contributed by atoms with E-state index in [1.54, 1.807) is 0 Å². The summed E-state index contributed by atoms with van der Waals surface area (Å²) in [5, 5.41) is 11.7. The number of anilines is 1. The van der Waals surface area contributed by atoms with Crippen molar-refractivity contribution in [2.75, 3.05) is 5.32 Å². The predicted molar refractivity (Wildman–Crippen MR) is 74.0 cm³/mol. The van der Waals surface area contributed by atoms with Crippen molar-refractivity contribution in [1.29, 1.82) is 0 Å². The van der Waals surface area contributed by atoms with Gasteiger partial charge in [0.25, 0.3) is 0 Å². The maximum Gasteiger partial charge on any atom is 0.164 e. The van der Waals surface area contributed by atoms with Crippen LogP contribution in [-0.4, -0.2) is 19.6 Å². The molecule has 1 aromatic carbocycles. The Labute approximate surface area is 111 Å². The van der Waals surface area contributed by atoms with Crippen molar-refractivity contribution < 1.29 is 0 Å². The van der Waals surface area contributed by atoms with Gasteiger partial charge in [0.2, 0.25) is 0 Å². The second kappa shape index (κ2) is 4.68. The molecule has 0 unspecified atom stereocenters. The van der Waals surface area contributed by atoms with Crippen molar-refractivity contribution in [2.24, 2.45) is 0 Å². The van der Waals surface area contributed by atoms with Gasteiger partial charge in [-0.3, -0.25) is 4.40 Å². The fourth-order valence-electron chi connectivity index (χ4n) is 2.15. The molecule has 0 aliphatic carbocycles. The predicted octanol–water partition coefficient (Wildman–Crippen LogP) is 2.35. The third-order valence-corrected chi connectivity index (χ3v) is 2.98. The monoisotopic (exact) mass is 253 g/mol. The van der Waals surface area contributed by atoms with Crippen LogP contribution in [-0.2, 0) is 6.54 Å². The highest BCUT2D eigenvalue weighted by atomic mass is 15.3. The molecule has 19 heavy (non-hydrogen) atoms. The molecule has 0 saturated carbocycles. The van der Waals surface area contributed by atoms with Crippen LogP contribution < -0.4 is 5.32 Å². The SMILES string of the molecule is Cc1cc2nnc(CNc3ccccc3)n2c(C)n1. The molecular formula is C14H15N5. The smallest absolute Gasteiger partial charge is 0.164 e. The zero-order chi connectivity index (χ0) is 13.2. The topological polar surface area (TPSA) is 55.1 Å². The average Bonchev–Trinajstić information content (AvgIpc) is 2.81. The minimum Gasteiger partial charge on any atom is -0.378 e. The summed E-state index contributed by atoms with van der Waals surface area (Å²) in [6, 6.07) is 12.0. The minimum absolute atomic E-state index is 0.622. The summed E-state index contributed by atoms with van der Waals surface area (Å²) in [6.45, 7) is 4.55. The zero-order valence-corrected chi connectivity index (χ0v) is 11.0. The van der Waals surface area contributed by atoms with E-state index in [9.17, 15) is 0 Å². The number of para-hydroxylation sites is 1. The van der Waals surface area contributed by atoms with Gasteiger partial charge in [-0.15, -0.1) is 10.2 Å². The second-order valence-corrected chi connectivity index (χ2v) is 4.47. The fraction of sp³-hybridized carbons (Fsp3) is 0.214. The van der Waals surface area contributed by atoms with Gasteiger partial charge < -0.3 is 5.32 Å². The first kappa shape index (κ1) is 11.6. The first-order valence-electron chi connectivity index (χ1n) is 6.21. The number of aromatic nitrogens is 4. The Hall–Kier alpha value is -2.43. The van der Waals surface area contributed by atoms with Gasteiger partial charge >= 0.3 is 0 Å². The lowest BCUT2D eigenvalue weighted by Crippen LogP contribution is -2.07. The highest BCUT2D eigenvalue weighted by Crippen LogP contribution is 2.11. The van der Waals surface area contributed by atoms with Crippen LogP contribution in [0.4, 0.5) is 5.69 Å². The molecule has 2 heterocycles. The average molecular weight is 253 g/mol. The molecule has 1 N–H and O–H groups in total. The number of hydrogen-bond donors (Lipinski definition) is 1. The lowest BCUT2D eigenvalue weighted by molar-refractivity contribution is 0.866. The van der Waals surface area contributed by atoms with Gasteiger partial charge in [0.1, 0.15) is 5.82 Å². The molecular weight excluding hydrogens is 238 g/mol. The summed E-state index contributed by atoms with van der Waals surface area (Å²) < 4.78 is 1.98. The molecule has 0 fully saturated rings. The molecule has 5 heteroatoms. The van der Waals surface area contributed by atoms with Crippen LogP contribution in [0.2, 0.25) is 0 Å². The number of nitrogens with one attached hydrogen (secondary N) is 1. The Kier molecular flexibility index (Phi) is 2.87. The van der Waals surface area contributed by atoms with Crippen LogP contribution in [0.3, 0.4) is 0 Å². The maximum absolute atomic E-state index is 4.44. The molecule has 0 aliphatic heterocycles. The first-order valence-corrected chi connectivity index (χ1v) is 6.21. The number of benzene rings is 1. The van der Waals surface area contributed by atoms with Gasteiger partial charge in [-0.05, 0) is 26.0 Å². The van der Waals surface area contributed by atoms with Crippen molar-refractivity contribution in [3.63, 3.8) is 0 Å². The van der Waals surface area contributed by atoms with Crippen molar-refractivity contribution >= 4 is 11.3 Å². The second-order valence-electron chi connectivity index (χ2n) is 4.47. The van der Waals surface area contributed by atoms with Crippen LogP contribution in [0.25, 0.3) is 5.65 Å². The van der Waals surface area contributed by atoms with Crippen LogP contribution in [0.5, 0.6) is 0 Å². The van der Waals surface area contributed by atoms with Crippen LogP contribution >= 0.6 is 0 Å². The summed E-state index contributed by atoms with van der Waals surface area (Å²) in [4.78, 5) is 4.44. The Morgan fingerprint density at radius 1 is 1.11 bits per heavy atom. The molecule has 3 aromatic rings. The van der Waals surface area contributed by atoms with E-state index in [4.69, 9.17) is 0 Å². The summed E-state index contributed by atoms with van der Waals surface area (Å²) in [5.74, 6) is 1.77. The normalized spacial score (nSPS) is 10.8. The number of hydrogen-bond acceptors (Lipinski definition) is 4. The standard InChI is InChI=1S/C14H15N5/c1-10-8-13-17-18-14(19(13)11(2)16-10)9-15-12-6-4-3-5-7-12/h3-8,15H,9H2,1-2H3. The Bertz CT molecular complexity index is 702. The minimum atomic E-state index is 0.622. The number of fused-ring (bicyclic) bond motifs is 1. The molecule has 0 aliphatic rings. The number of rotatable bonds is 3. The van der Waals surface area contributed by atoms with Gasteiger partial charge in [-0.25, -0.2) is 4.98 Å². The van der Waals surface area contributed by atoms with Crippen molar-refractivity contribution in [1.82, 2.24) is 19.6 Å². The van der Waals surface area contributed by atoms with Gasteiger partial charge in [-0.2, -0.15) is 0 Å². The van der Waals surface area contributed by atoms with E-state index in [1.165, 1.54) is 0 Å². The zero-order valence-electron chi connectivity index (χ0n) is 11.0. The Balaban J connectivity index is 1.90. The van der Waals surface area contributed by atoms with E-state index in [0.29, 0.717) is 6.54 Å². The van der Waals surface area contributed by atoms with Gasteiger partial charge in [0.05, 0.1) is 6.54 Å². The summed E-state index contributed by atoms with van der Waals surface area (Å²) in [6.07, 6.45) is 0. The van der Waals surface area contributed by atoms with E-state index in [2.05, 4.69) is 20.5 Å². The molecule has 3 rings (SSSR count). The lowest BCUT2D eigenvalue weighted by atomic mass is 10.3. The first-order chi connectivity index (χ1) is 9.24. The summed E-state index contributed by atoms with van der Waals surface area (Å²) >= 11 is 0. The van der Waals surface area contributed by atoms with E-state index in [0.717, 1.165) is 28.7 Å². The summed E-state index contributed by atoms with van der Waals surface area (Å²) in [7, 11) is 0. The summed E-state index contributed by atoms with van der Waals surface area (Å²) in [5.41, 5.74) is 2.87.